The maximum atomic E-state index is 14.3. The zero-order chi connectivity index (χ0) is 21.4. The third-order valence-electron chi connectivity index (χ3n) is 5.81. The van der Waals surface area contributed by atoms with Crippen molar-refractivity contribution >= 4 is 22.5 Å². The number of hydrogen-bond acceptors (Lipinski definition) is 6. The number of ether oxygens (including phenoxy) is 2. The molecule has 0 amide bonds. The van der Waals surface area contributed by atoms with Crippen LogP contribution >= 0.6 is 0 Å². The molecule has 5 rings (SSSR count). The van der Waals surface area contributed by atoms with Gasteiger partial charge in [0.25, 0.3) is 0 Å². The number of carboxylic acid groups (broad SMARTS) is 1. The van der Waals surface area contributed by atoms with Crippen LogP contribution in [0.15, 0.2) is 48.5 Å². The maximum Gasteiger partial charge on any atom is 0.314 e. The first-order chi connectivity index (χ1) is 15.0. The van der Waals surface area contributed by atoms with E-state index in [9.17, 15) is 14.3 Å². The van der Waals surface area contributed by atoms with Gasteiger partial charge in [-0.05, 0) is 70.8 Å². The third kappa shape index (κ3) is 3.46. The number of carboxylic acids is 1. The highest BCUT2D eigenvalue weighted by Crippen LogP contribution is 2.37. The topological polar surface area (TPSA) is 98.8 Å². The van der Waals surface area contributed by atoms with Crippen molar-refractivity contribution in [2.75, 3.05) is 13.2 Å². The lowest BCUT2D eigenvalue weighted by atomic mass is 9.74. The fourth-order valence-corrected chi connectivity index (χ4v) is 4.09. The quantitative estimate of drug-likeness (QED) is 0.528. The molecule has 2 aromatic heterocycles. The molecule has 3 heterocycles. The van der Waals surface area contributed by atoms with Gasteiger partial charge in [-0.15, -0.1) is 5.10 Å². The van der Waals surface area contributed by atoms with Gasteiger partial charge in [0.1, 0.15) is 18.2 Å². The fraction of sp³-hybridized carbons (Fsp3) is 0.273. The number of aromatic nitrogens is 4. The van der Waals surface area contributed by atoms with Gasteiger partial charge in [-0.25, -0.2) is 4.39 Å². The normalized spacial score (nSPS) is 15.9. The number of pyridine rings is 1. The molecule has 0 atom stereocenters. The van der Waals surface area contributed by atoms with Crippen molar-refractivity contribution in [3.05, 3.63) is 65.5 Å². The molecule has 0 unspecified atom stereocenters. The summed E-state index contributed by atoms with van der Waals surface area (Å²) in [4.78, 5) is 12.0. The molecule has 0 spiro atoms. The molecule has 0 bridgehead atoms. The number of aliphatic carboxylic acids is 1. The molecule has 1 N–H and O–H groups in total. The molecule has 0 radical (unpaired) electrons. The summed E-state index contributed by atoms with van der Waals surface area (Å²) >= 11 is 0. The minimum absolute atomic E-state index is 0.204. The number of carbonyl (C=O) groups is 1. The lowest BCUT2D eigenvalue weighted by Gasteiger charge is -2.33. The molecular formula is C22H19FN4O4. The largest absolute Gasteiger partial charge is 0.489 e. The molecule has 0 saturated carbocycles. The predicted molar refractivity (Wildman–Crippen MR) is 108 cm³/mol. The van der Waals surface area contributed by atoms with Gasteiger partial charge in [0.05, 0.1) is 10.9 Å². The summed E-state index contributed by atoms with van der Waals surface area (Å²) in [6, 6.07) is 13.7. The number of fused-ring (bicyclic) bond motifs is 3. The minimum atomic E-state index is -1.17. The Morgan fingerprint density at radius 1 is 1.16 bits per heavy atom. The van der Waals surface area contributed by atoms with Gasteiger partial charge in [0.15, 0.2) is 5.65 Å². The Morgan fingerprint density at radius 3 is 2.81 bits per heavy atom. The average Bonchev–Trinajstić information content (AvgIpc) is 3.27. The Morgan fingerprint density at radius 2 is 2.00 bits per heavy atom. The molecular weight excluding hydrogens is 403 g/mol. The Kier molecular flexibility index (Phi) is 4.74. The molecule has 9 heteroatoms. The Labute approximate surface area is 176 Å². The zero-order valence-corrected chi connectivity index (χ0v) is 16.5. The van der Waals surface area contributed by atoms with Crippen LogP contribution in [0.25, 0.3) is 16.6 Å². The smallest absolute Gasteiger partial charge is 0.314 e. The fourth-order valence-electron chi connectivity index (χ4n) is 4.09. The molecule has 1 aliphatic rings. The minimum Gasteiger partial charge on any atom is -0.489 e. The lowest BCUT2D eigenvalue weighted by molar-refractivity contribution is -0.147. The number of rotatable bonds is 5. The first-order valence-electron chi connectivity index (χ1n) is 9.90. The van der Waals surface area contributed by atoms with Crippen molar-refractivity contribution in [3.63, 3.8) is 0 Å². The van der Waals surface area contributed by atoms with Crippen LogP contribution in [0.5, 0.6) is 5.75 Å². The first-order valence-corrected chi connectivity index (χ1v) is 9.90. The van der Waals surface area contributed by atoms with Crippen LogP contribution in [0.1, 0.15) is 24.0 Å². The Bertz CT molecular complexity index is 1280. The highest BCUT2D eigenvalue weighted by atomic mass is 19.1. The van der Waals surface area contributed by atoms with Crippen molar-refractivity contribution in [3.8, 4) is 5.75 Å². The van der Waals surface area contributed by atoms with E-state index in [1.165, 1.54) is 12.1 Å². The number of nitrogens with zero attached hydrogens (tertiary/aromatic N) is 4. The van der Waals surface area contributed by atoms with Gasteiger partial charge in [-0.1, -0.05) is 6.07 Å². The summed E-state index contributed by atoms with van der Waals surface area (Å²) in [5.74, 6) is -1.21. The molecule has 4 aromatic rings. The summed E-state index contributed by atoms with van der Waals surface area (Å²) in [6.07, 6.45) is 0.586. The van der Waals surface area contributed by atoms with Crippen LogP contribution in [0.2, 0.25) is 0 Å². The van der Waals surface area contributed by atoms with Crippen LogP contribution in [0.3, 0.4) is 0 Å². The van der Waals surface area contributed by atoms with E-state index in [0.717, 1.165) is 16.5 Å². The van der Waals surface area contributed by atoms with E-state index >= 15 is 0 Å². The Balaban J connectivity index is 1.41. The van der Waals surface area contributed by atoms with Crippen LogP contribution in [0.4, 0.5) is 4.39 Å². The van der Waals surface area contributed by atoms with E-state index in [2.05, 4.69) is 15.5 Å². The summed E-state index contributed by atoms with van der Waals surface area (Å²) in [5.41, 5.74) is 1.63. The number of hydrogen-bond donors (Lipinski definition) is 1. The molecule has 1 aliphatic heterocycles. The van der Waals surface area contributed by atoms with Crippen LogP contribution in [-0.2, 0) is 21.6 Å². The molecule has 1 saturated heterocycles. The van der Waals surface area contributed by atoms with E-state index in [0.29, 0.717) is 37.3 Å². The van der Waals surface area contributed by atoms with Gasteiger partial charge in [0, 0.05) is 24.7 Å². The SMILES string of the molecule is O=C(O)C1(c2cc(F)cc(OCc3ccc4c(ccc5nnnn54)c3)c2)CCOCC1. The third-order valence-corrected chi connectivity index (χ3v) is 5.81. The van der Waals surface area contributed by atoms with E-state index < -0.39 is 17.2 Å². The van der Waals surface area contributed by atoms with E-state index in [-0.39, 0.29) is 12.4 Å². The van der Waals surface area contributed by atoms with Crippen LogP contribution < -0.4 is 4.74 Å². The second-order valence-electron chi connectivity index (χ2n) is 7.64. The maximum absolute atomic E-state index is 14.3. The van der Waals surface area contributed by atoms with Crippen LogP contribution in [0, 0.1) is 5.82 Å². The highest BCUT2D eigenvalue weighted by Gasteiger charge is 2.42. The number of benzene rings is 2. The molecule has 0 aliphatic carbocycles. The lowest BCUT2D eigenvalue weighted by Crippen LogP contribution is -2.41. The first kappa shape index (κ1) is 19.4. The van der Waals surface area contributed by atoms with E-state index in [1.807, 2.05) is 30.3 Å². The summed E-state index contributed by atoms with van der Waals surface area (Å²) in [5, 5.41) is 22.4. The second kappa shape index (κ2) is 7.59. The average molecular weight is 422 g/mol. The van der Waals surface area contributed by atoms with Gasteiger partial charge in [-0.3, -0.25) is 4.79 Å². The predicted octanol–water partition coefficient (Wildman–Crippen LogP) is 3.13. The molecule has 158 valence electrons. The summed E-state index contributed by atoms with van der Waals surface area (Å²) < 4.78 is 27.1. The van der Waals surface area contributed by atoms with Gasteiger partial charge in [-0.2, -0.15) is 4.52 Å². The summed E-state index contributed by atoms with van der Waals surface area (Å²) in [6.45, 7) is 0.852. The molecule has 8 nitrogen and oxygen atoms in total. The molecule has 2 aromatic carbocycles. The standard InChI is InChI=1S/C22H19FN4O4/c23-17-10-16(22(21(28)29)5-7-30-8-6-22)11-18(12-17)31-13-14-1-3-19-15(9-14)2-4-20-24-25-26-27(19)20/h1-4,9-12H,5-8,13H2,(H,28,29). The van der Waals surface area contributed by atoms with Crippen molar-refractivity contribution in [1.82, 2.24) is 20.0 Å². The summed E-state index contributed by atoms with van der Waals surface area (Å²) in [7, 11) is 0. The number of halogens is 1. The van der Waals surface area contributed by atoms with Gasteiger partial charge >= 0.3 is 5.97 Å². The van der Waals surface area contributed by atoms with E-state index in [4.69, 9.17) is 9.47 Å². The monoisotopic (exact) mass is 422 g/mol. The van der Waals surface area contributed by atoms with Crippen LogP contribution in [-0.4, -0.2) is 44.3 Å². The Hall–Kier alpha value is -3.59. The second-order valence-corrected chi connectivity index (χ2v) is 7.64. The number of tetrazole rings is 1. The van der Waals surface area contributed by atoms with Crippen molar-refractivity contribution in [1.29, 1.82) is 0 Å². The van der Waals surface area contributed by atoms with Gasteiger partial charge < -0.3 is 14.6 Å². The molecule has 31 heavy (non-hydrogen) atoms. The van der Waals surface area contributed by atoms with Crippen molar-refractivity contribution in [2.45, 2.75) is 24.9 Å². The van der Waals surface area contributed by atoms with Gasteiger partial charge in [0.2, 0.25) is 0 Å². The zero-order valence-electron chi connectivity index (χ0n) is 16.5. The highest BCUT2D eigenvalue weighted by molar-refractivity contribution is 5.82. The van der Waals surface area contributed by atoms with Crippen molar-refractivity contribution < 1.29 is 23.8 Å². The molecule has 1 fully saturated rings. The van der Waals surface area contributed by atoms with Crippen molar-refractivity contribution in [2.24, 2.45) is 0 Å². The van der Waals surface area contributed by atoms with E-state index in [1.54, 1.807) is 10.6 Å².